The van der Waals surface area contributed by atoms with E-state index in [4.69, 9.17) is 4.74 Å². The lowest BCUT2D eigenvalue weighted by molar-refractivity contribution is -0.154. The third-order valence-electron chi connectivity index (χ3n) is 5.00. The summed E-state index contributed by atoms with van der Waals surface area (Å²) >= 11 is 0. The van der Waals surface area contributed by atoms with Crippen LogP contribution in [-0.4, -0.2) is 48.7 Å². The van der Waals surface area contributed by atoms with E-state index in [1.807, 2.05) is 6.92 Å². The SMILES string of the molecule is CCCN1CCC(NC2CCCCC2)(C(=O)OCC)CC1. The molecule has 0 aromatic rings. The fourth-order valence-electron chi connectivity index (χ4n) is 3.79. The number of hydrogen-bond acceptors (Lipinski definition) is 4. The molecule has 0 atom stereocenters. The van der Waals surface area contributed by atoms with Gasteiger partial charge < -0.3 is 9.64 Å². The van der Waals surface area contributed by atoms with Crippen molar-refractivity contribution in [3.05, 3.63) is 0 Å². The van der Waals surface area contributed by atoms with E-state index in [1.54, 1.807) is 0 Å². The minimum atomic E-state index is -0.428. The number of ether oxygens (including phenoxy) is 1. The first-order valence-corrected chi connectivity index (χ1v) is 8.87. The van der Waals surface area contributed by atoms with Crippen LogP contribution in [0, 0.1) is 0 Å². The summed E-state index contributed by atoms with van der Waals surface area (Å²) in [7, 11) is 0. The maximum Gasteiger partial charge on any atom is 0.326 e. The monoisotopic (exact) mass is 296 g/mol. The first-order chi connectivity index (χ1) is 10.2. The van der Waals surface area contributed by atoms with Gasteiger partial charge in [-0.25, -0.2) is 0 Å². The van der Waals surface area contributed by atoms with Crippen molar-refractivity contribution in [2.45, 2.75) is 76.8 Å². The van der Waals surface area contributed by atoms with Gasteiger partial charge in [-0.1, -0.05) is 26.2 Å². The molecule has 1 aliphatic heterocycles. The summed E-state index contributed by atoms with van der Waals surface area (Å²) < 4.78 is 5.40. The fraction of sp³-hybridized carbons (Fsp3) is 0.941. The summed E-state index contributed by atoms with van der Waals surface area (Å²) in [6.45, 7) is 7.75. The molecule has 0 unspecified atom stereocenters. The fourth-order valence-corrected chi connectivity index (χ4v) is 3.79. The van der Waals surface area contributed by atoms with Crippen molar-refractivity contribution < 1.29 is 9.53 Å². The normalized spacial score (nSPS) is 23.9. The minimum Gasteiger partial charge on any atom is -0.465 e. The molecule has 0 bridgehead atoms. The Labute approximate surface area is 129 Å². The van der Waals surface area contributed by atoms with Crippen molar-refractivity contribution in [2.75, 3.05) is 26.2 Å². The summed E-state index contributed by atoms with van der Waals surface area (Å²) in [6, 6.07) is 0.501. The first-order valence-electron chi connectivity index (χ1n) is 8.87. The van der Waals surface area contributed by atoms with Crippen LogP contribution in [-0.2, 0) is 9.53 Å². The summed E-state index contributed by atoms with van der Waals surface area (Å²) in [4.78, 5) is 15.0. The Morgan fingerprint density at radius 3 is 2.43 bits per heavy atom. The van der Waals surface area contributed by atoms with Crippen molar-refractivity contribution >= 4 is 5.97 Å². The Morgan fingerprint density at radius 1 is 1.19 bits per heavy atom. The molecule has 4 nitrogen and oxygen atoms in total. The number of likely N-dealkylation sites (tertiary alicyclic amines) is 1. The number of rotatable bonds is 6. The van der Waals surface area contributed by atoms with Crippen molar-refractivity contribution in [3.8, 4) is 0 Å². The van der Waals surface area contributed by atoms with Crippen LogP contribution < -0.4 is 5.32 Å². The van der Waals surface area contributed by atoms with Crippen molar-refractivity contribution in [1.82, 2.24) is 10.2 Å². The van der Waals surface area contributed by atoms with Gasteiger partial charge in [0.1, 0.15) is 5.54 Å². The zero-order chi connectivity index (χ0) is 15.1. The van der Waals surface area contributed by atoms with Crippen LogP contribution in [0.2, 0.25) is 0 Å². The second-order valence-corrected chi connectivity index (χ2v) is 6.62. The van der Waals surface area contributed by atoms with E-state index < -0.39 is 5.54 Å². The third-order valence-corrected chi connectivity index (χ3v) is 5.00. The van der Waals surface area contributed by atoms with Crippen LogP contribution in [0.3, 0.4) is 0 Å². The van der Waals surface area contributed by atoms with E-state index >= 15 is 0 Å². The van der Waals surface area contributed by atoms with Gasteiger partial charge in [-0.05, 0) is 45.6 Å². The molecule has 2 aliphatic rings. The Balaban J connectivity index is 1.99. The summed E-state index contributed by atoms with van der Waals surface area (Å²) in [6.07, 6.45) is 9.30. The molecule has 1 saturated carbocycles. The lowest BCUT2D eigenvalue weighted by Gasteiger charge is -2.43. The van der Waals surface area contributed by atoms with E-state index in [0.717, 1.165) is 32.5 Å². The van der Waals surface area contributed by atoms with Gasteiger partial charge in [0, 0.05) is 19.1 Å². The van der Waals surface area contributed by atoms with Crippen molar-refractivity contribution in [1.29, 1.82) is 0 Å². The Hall–Kier alpha value is -0.610. The molecule has 4 heteroatoms. The maximum atomic E-state index is 12.6. The predicted octanol–water partition coefficient (Wildman–Crippen LogP) is 2.72. The average Bonchev–Trinajstić information content (AvgIpc) is 2.51. The smallest absolute Gasteiger partial charge is 0.326 e. The Bertz CT molecular complexity index is 319. The largest absolute Gasteiger partial charge is 0.465 e. The van der Waals surface area contributed by atoms with Crippen LogP contribution in [0.15, 0.2) is 0 Å². The second-order valence-electron chi connectivity index (χ2n) is 6.62. The molecule has 0 spiro atoms. The molecular formula is C17H32N2O2. The van der Waals surface area contributed by atoms with Crippen molar-refractivity contribution in [3.63, 3.8) is 0 Å². The highest BCUT2D eigenvalue weighted by molar-refractivity contribution is 5.81. The molecule has 1 N–H and O–H groups in total. The molecule has 0 amide bonds. The van der Waals surface area contributed by atoms with Gasteiger partial charge in [0.2, 0.25) is 0 Å². The summed E-state index contributed by atoms with van der Waals surface area (Å²) in [5.41, 5.74) is -0.428. The van der Waals surface area contributed by atoms with E-state index in [9.17, 15) is 4.79 Å². The zero-order valence-corrected chi connectivity index (χ0v) is 13.8. The third kappa shape index (κ3) is 4.43. The lowest BCUT2D eigenvalue weighted by atomic mass is 9.84. The Morgan fingerprint density at radius 2 is 1.86 bits per heavy atom. The second kappa shape index (κ2) is 8.14. The van der Waals surface area contributed by atoms with Gasteiger partial charge in [0.15, 0.2) is 0 Å². The van der Waals surface area contributed by atoms with E-state index in [1.165, 1.54) is 38.5 Å². The van der Waals surface area contributed by atoms with E-state index in [-0.39, 0.29) is 5.97 Å². The maximum absolute atomic E-state index is 12.6. The number of carbonyl (C=O) groups excluding carboxylic acids is 1. The molecule has 2 fully saturated rings. The van der Waals surface area contributed by atoms with Gasteiger partial charge in [0.05, 0.1) is 6.61 Å². The molecule has 1 aliphatic carbocycles. The summed E-state index contributed by atoms with van der Waals surface area (Å²) in [5, 5.41) is 3.72. The van der Waals surface area contributed by atoms with Gasteiger partial charge in [-0.2, -0.15) is 0 Å². The van der Waals surface area contributed by atoms with Gasteiger partial charge in [-0.3, -0.25) is 10.1 Å². The minimum absolute atomic E-state index is 0.0216. The number of nitrogens with zero attached hydrogens (tertiary/aromatic N) is 1. The topological polar surface area (TPSA) is 41.6 Å². The molecule has 122 valence electrons. The molecule has 0 radical (unpaired) electrons. The average molecular weight is 296 g/mol. The first kappa shape index (κ1) is 16.8. The number of nitrogens with one attached hydrogen (secondary N) is 1. The van der Waals surface area contributed by atoms with Gasteiger partial charge in [0.25, 0.3) is 0 Å². The number of hydrogen-bond donors (Lipinski definition) is 1. The van der Waals surface area contributed by atoms with Crippen LogP contribution in [0.1, 0.15) is 65.2 Å². The highest BCUT2D eigenvalue weighted by Crippen LogP contribution is 2.28. The number of carbonyl (C=O) groups is 1. The zero-order valence-electron chi connectivity index (χ0n) is 13.8. The molecule has 1 saturated heterocycles. The highest BCUT2D eigenvalue weighted by Gasteiger charge is 2.43. The Kier molecular flexibility index (Phi) is 6.49. The van der Waals surface area contributed by atoms with Gasteiger partial charge in [-0.15, -0.1) is 0 Å². The lowest BCUT2D eigenvalue weighted by Crippen LogP contribution is -2.61. The molecule has 2 rings (SSSR count). The van der Waals surface area contributed by atoms with Crippen LogP contribution >= 0.6 is 0 Å². The highest BCUT2D eigenvalue weighted by atomic mass is 16.5. The van der Waals surface area contributed by atoms with Crippen LogP contribution in [0.5, 0.6) is 0 Å². The van der Waals surface area contributed by atoms with E-state index in [2.05, 4.69) is 17.1 Å². The molecule has 21 heavy (non-hydrogen) atoms. The molecule has 0 aromatic carbocycles. The standard InChI is InChI=1S/C17H32N2O2/c1-3-12-19-13-10-17(11-14-19,16(20)21-4-2)18-15-8-6-5-7-9-15/h15,18H,3-14H2,1-2H3. The summed E-state index contributed by atoms with van der Waals surface area (Å²) in [5.74, 6) is -0.0216. The number of piperidine rings is 1. The van der Waals surface area contributed by atoms with Crippen LogP contribution in [0.4, 0.5) is 0 Å². The quantitative estimate of drug-likeness (QED) is 0.765. The number of esters is 1. The van der Waals surface area contributed by atoms with Gasteiger partial charge >= 0.3 is 5.97 Å². The van der Waals surface area contributed by atoms with Crippen molar-refractivity contribution in [2.24, 2.45) is 0 Å². The molecule has 0 aromatic heterocycles. The molecule has 1 heterocycles. The van der Waals surface area contributed by atoms with Crippen LogP contribution in [0.25, 0.3) is 0 Å². The predicted molar refractivity (Wildman–Crippen MR) is 85.3 cm³/mol. The molecular weight excluding hydrogens is 264 g/mol. The van der Waals surface area contributed by atoms with E-state index in [0.29, 0.717) is 12.6 Å².